The molecule has 1 N–H and O–H groups in total. The molecule has 0 atom stereocenters. The van der Waals surface area contributed by atoms with E-state index in [2.05, 4.69) is 0 Å². The molecule has 70 valence electrons. The molecule has 0 spiro atoms. The number of morpholine rings is 1. The highest BCUT2D eigenvalue weighted by Crippen LogP contribution is 2.02. The largest absolute Gasteiger partial charge is 0.464 e. The molecule has 1 heterocycles. The number of nitrogens with zero attached hydrogens (tertiary/aromatic N) is 2. The van der Waals surface area contributed by atoms with Crippen molar-refractivity contribution in [3.8, 4) is 0 Å². The predicted octanol–water partition coefficient (Wildman–Crippen LogP) is 0.234. The van der Waals surface area contributed by atoms with Gasteiger partial charge in [-0.15, -0.1) is 0 Å². The summed E-state index contributed by atoms with van der Waals surface area (Å²) in [5.41, 5.74) is 0. The van der Waals surface area contributed by atoms with Crippen molar-refractivity contribution in [3.05, 3.63) is 0 Å². The van der Waals surface area contributed by atoms with Crippen LogP contribution in [-0.4, -0.2) is 54.1 Å². The monoisotopic (exact) mass is 174 g/mol. The summed E-state index contributed by atoms with van der Waals surface area (Å²) in [7, 11) is 0. The second-order valence-corrected chi connectivity index (χ2v) is 2.56. The van der Waals surface area contributed by atoms with Crippen LogP contribution in [0.2, 0.25) is 0 Å². The summed E-state index contributed by atoms with van der Waals surface area (Å²) in [5.74, 6) is 0. The predicted molar refractivity (Wildman–Crippen MR) is 42.8 cm³/mol. The first-order valence-corrected chi connectivity index (χ1v) is 4.08. The third kappa shape index (κ3) is 2.09. The van der Waals surface area contributed by atoms with Gasteiger partial charge in [0.25, 0.3) is 0 Å². The maximum atomic E-state index is 10.7. The SMILES string of the molecule is CCN(C(=O)O)N1CCOCC1. The Balaban J connectivity index is 2.46. The second kappa shape index (κ2) is 4.27. The summed E-state index contributed by atoms with van der Waals surface area (Å²) in [6.45, 7) is 4.88. The first kappa shape index (κ1) is 9.28. The van der Waals surface area contributed by atoms with Gasteiger partial charge in [0.2, 0.25) is 0 Å². The topological polar surface area (TPSA) is 53.0 Å². The molecule has 0 aromatic carbocycles. The van der Waals surface area contributed by atoms with Crippen molar-refractivity contribution in [2.24, 2.45) is 0 Å². The molecule has 0 bridgehead atoms. The number of carboxylic acid groups (broad SMARTS) is 1. The highest BCUT2D eigenvalue weighted by molar-refractivity contribution is 5.64. The molecule has 5 heteroatoms. The Bertz CT molecular complexity index is 157. The zero-order valence-electron chi connectivity index (χ0n) is 7.19. The minimum Gasteiger partial charge on any atom is -0.464 e. The van der Waals surface area contributed by atoms with Gasteiger partial charge < -0.3 is 9.84 Å². The lowest BCUT2D eigenvalue weighted by Gasteiger charge is -2.34. The van der Waals surface area contributed by atoms with E-state index in [-0.39, 0.29) is 0 Å². The molecule has 1 saturated heterocycles. The number of carbonyl (C=O) groups is 1. The van der Waals surface area contributed by atoms with E-state index in [4.69, 9.17) is 9.84 Å². The summed E-state index contributed by atoms with van der Waals surface area (Å²) in [6.07, 6.45) is -0.889. The van der Waals surface area contributed by atoms with Gasteiger partial charge in [-0.1, -0.05) is 0 Å². The molecule has 0 aromatic rings. The lowest BCUT2D eigenvalue weighted by atomic mass is 10.5. The molecule has 0 radical (unpaired) electrons. The van der Waals surface area contributed by atoms with Crippen LogP contribution in [0.4, 0.5) is 4.79 Å². The average Bonchev–Trinajstić information content (AvgIpc) is 2.07. The van der Waals surface area contributed by atoms with Crippen LogP contribution < -0.4 is 0 Å². The molecule has 0 unspecified atom stereocenters. The van der Waals surface area contributed by atoms with Gasteiger partial charge in [0, 0.05) is 19.6 Å². The van der Waals surface area contributed by atoms with E-state index < -0.39 is 6.09 Å². The molecule has 1 aliphatic heterocycles. The lowest BCUT2D eigenvalue weighted by molar-refractivity contribution is -0.0711. The van der Waals surface area contributed by atoms with Gasteiger partial charge in [0.15, 0.2) is 0 Å². The minimum absolute atomic E-state index is 0.495. The summed E-state index contributed by atoms with van der Waals surface area (Å²) < 4.78 is 5.11. The number of hydrogen-bond donors (Lipinski definition) is 1. The van der Waals surface area contributed by atoms with E-state index in [1.807, 2.05) is 6.92 Å². The maximum absolute atomic E-state index is 10.7. The van der Waals surface area contributed by atoms with Crippen molar-refractivity contribution in [3.63, 3.8) is 0 Å². The molecule has 1 aliphatic rings. The van der Waals surface area contributed by atoms with E-state index >= 15 is 0 Å². The molecule has 1 amide bonds. The smallest absolute Gasteiger partial charge is 0.421 e. The fraction of sp³-hybridized carbons (Fsp3) is 0.857. The highest BCUT2D eigenvalue weighted by Gasteiger charge is 2.20. The first-order chi connectivity index (χ1) is 5.75. The standard InChI is InChI=1S/C7H14N2O3/c1-2-9(7(10)11)8-3-5-12-6-4-8/h2-6H2,1H3,(H,10,11). The Labute approximate surface area is 71.5 Å². The van der Waals surface area contributed by atoms with E-state index in [0.717, 1.165) is 0 Å². The zero-order valence-corrected chi connectivity index (χ0v) is 7.19. The highest BCUT2D eigenvalue weighted by atomic mass is 16.5. The van der Waals surface area contributed by atoms with Crippen LogP contribution in [0.3, 0.4) is 0 Å². The molecule has 1 rings (SSSR count). The number of hydrazine groups is 1. The van der Waals surface area contributed by atoms with Crippen molar-refractivity contribution in [1.82, 2.24) is 10.0 Å². The molecule has 0 aliphatic carbocycles. The molecular weight excluding hydrogens is 160 g/mol. The van der Waals surface area contributed by atoms with E-state index in [9.17, 15) is 4.79 Å². The van der Waals surface area contributed by atoms with Crippen LogP contribution in [0.25, 0.3) is 0 Å². The van der Waals surface area contributed by atoms with E-state index in [1.165, 1.54) is 5.01 Å². The summed E-state index contributed by atoms with van der Waals surface area (Å²) in [5, 5.41) is 11.9. The Morgan fingerprint density at radius 1 is 1.58 bits per heavy atom. The Kier molecular flexibility index (Phi) is 3.31. The van der Waals surface area contributed by atoms with Crippen LogP contribution in [0.1, 0.15) is 6.92 Å². The Morgan fingerprint density at radius 3 is 2.58 bits per heavy atom. The van der Waals surface area contributed by atoms with Crippen LogP contribution in [0.15, 0.2) is 0 Å². The molecule has 5 nitrogen and oxygen atoms in total. The third-order valence-corrected chi connectivity index (χ3v) is 1.85. The number of hydrogen-bond acceptors (Lipinski definition) is 3. The van der Waals surface area contributed by atoms with Gasteiger partial charge >= 0.3 is 6.09 Å². The fourth-order valence-corrected chi connectivity index (χ4v) is 1.25. The zero-order chi connectivity index (χ0) is 8.97. The van der Waals surface area contributed by atoms with Crippen LogP contribution in [0.5, 0.6) is 0 Å². The quantitative estimate of drug-likeness (QED) is 0.651. The van der Waals surface area contributed by atoms with Gasteiger partial charge in [0.1, 0.15) is 0 Å². The molecule has 1 fully saturated rings. The number of ether oxygens (including phenoxy) is 1. The van der Waals surface area contributed by atoms with Crippen molar-refractivity contribution in [2.75, 3.05) is 32.8 Å². The van der Waals surface area contributed by atoms with Crippen molar-refractivity contribution < 1.29 is 14.6 Å². The van der Waals surface area contributed by atoms with E-state index in [1.54, 1.807) is 5.01 Å². The molecule has 12 heavy (non-hydrogen) atoms. The van der Waals surface area contributed by atoms with E-state index in [0.29, 0.717) is 32.8 Å². The number of amides is 1. The van der Waals surface area contributed by atoms with Crippen LogP contribution in [-0.2, 0) is 4.74 Å². The van der Waals surface area contributed by atoms with Crippen molar-refractivity contribution >= 4 is 6.09 Å². The van der Waals surface area contributed by atoms with Gasteiger partial charge in [-0.3, -0.25) is 0 Å². The second-order valence-electron chi connectivity index (χ2n) is 2.56. The normalized spacial score (nSPS) is 19.1. The van der Waals surface area contributed by atoms with Crippen molar-refractivity contribution in [2.45, 2.75) is 6.92 Å². The van der Waals surface area contributed by atoms with Gasteiger partial charge in [-0.25, -0.2) is 14.8 Å². The maximum Gasteiger partial charge on any atom is 0.421 e. The Hall–Kier alpha value is -0.810. The van der Waals surface area contributed by atoms with Crippen LogP contribution >= 0.6 is 0 Å². The number of rotatable bonds is 2. The molecule has 0 saturated carbocycles. The summed E-state index contributed by atoms with van der Waals surface area (Å²) >= 11 is 0. The lowest BCUT2D eigenvalue weighted by Crippen LogP contribution is -2.50. The van der Waals surface area contributed by atoms with Crippen LogP contribution in [0, 0.1) is 0 Å². The summed E-state index contributed by atoms with van der Waals surface area (Å²) in [4.78, 5) is 10.7. The average molecular weight is 174 g/mol. The van der Waals surface area contributed by atoms with Gasteiger partial charge in [-0.2, -0.15) is 0 Å². The van der Waals surface area contributed by atoms with Gasteiger partial charge in [-0.05, 0) is 6.92 Å². The summed E-state index contributed by atoms with van der Waals surface area (Å²) in [6, 6.07) is 0. The van der Waals surface area contributed by atoms with Crippen molar-refractivity contribution in [1.29, 1.82) is 0 Å². The molecular formula is C7H14N2O3. The Morgan fingerprint density at radius 2 is 2.17 bits per heavy atom. The minimum atomic E-state index is -0.889. The van der Waals surface area contributed by atoms with Gasteiger partial charge in [0.05, 0.1) is 13.2 Å². The fourth-order valence-electron chi connectivity index (χ4n) is 1.25. The third-order valence-electron chi connectivity index (χ3n) is 1.85. The first-order valence-electron chi connectivity index (χ1n) is 4.08. The molecule has 0 aromatic heterocycles.